The molecule has 0 aliphatic heterocycles. The molecule has 1 heterocycles. The van der Waals surface area contributed by atoms with Crippen LogP contribution in [-0.4, -0.2) is 6.04 Å². The van der Waals surface area contributed by atoms with Crippen molar-refractivity contribution in [3.8, 4) is 0 Å². The van der Waals surface area contributed by atoms with Gasteiger partial charge in [-0.05, 0) is 37.3 Å². The van der Waals surface area contributed by atoms with Gasteiger partial charge in [-0.15, -0.1) is 0 Å². The first-order valence-electron chi connectivity index (χ1n) is 7.01. The SMILES string of the molecule is Cc1ccc(F)c2oc(CNC3CC3)c(C(C)C)c12. The fourth-order valence-electron chi connectivity index (χ4n) is 2.67. The summed E-state index contributed by atoms with van der Waals surface area (Å²) in [5, 5.41) is 4.41. The lowest BCUT2D eigenvalue weighted by atomic mass is 9.96. The molecule has 0 bridgehead atoms. The Kier molecular flexibility index (Phi) is 3.09. The normalized spacial score (nSPS) is 15.6. The minimum absolute atomic E-state index is 0.264. The zero-order valence-corrected chi connectivity index (χ0v) is 11.7. The molecule has 0 spiro atoms. The summed E-state index contributed by atoms with van der Waals surface area (Å²) in [6.07, 6.45) is 2.48. The molecule has 0 amide bonds. The van der Waals surface area contributed by atoms with E-state index in [1.165, 1.54) is 18.9 Å². The Labute approximate surface area is 113 Å². The molecule has 2 aromatic rings. The van der Waals surface area contributed by atoms with E-state index in [9.17, 15) is 4.39 Å². The lowest BCUT2D eigenvalue weighted by Crippen LogP contribution is -2.16. The van der Waals surface area contributed by atoms with Crippen molar-refractivity contribution in [3.05, 3.63) is 34.8 Å². The number of furan rings is 1. The summed E-state index contributed by atoms with van der Waals surface area (Å²) < 4.78 is 19.7. The average molecular weight is 261 g/mol. The minimum Gasteiger partial charge on any atom is -0.456 e. The van der Waals surface area contributed by atoms with Crippen LogP contribution in [0.15, 0.2) is 16.5 Å². The highest BCUT2D eigenvalue weighted by Gasteiger charge is 2.24. The Morgan fingerprint density at radius 1 is 1.37 bits per heavy atom. The fourth-order valence-corrected chi connectivity index (χ4v) is 2.67. The smallest absolute Gasteiger partial charge is 0.170 e. The van der Waals surface area contributed by atoms with Gasteiger partial charge in [0.05, 0.1) is 6.54 Å². The van der Waals surface area contributed by atoms with Gasteiger partial charge in [0.1, 0.15) is 5.76 Å². The zero-order valence-electron chi connectivity index (χ0n) is 11.7. The van der Waals surface area contributed by atoms with Crippen molar-refractivity contribution < 1.29 is 8.81 Å². The summed E-state index contributed by atoms with van der Waals surface area (Å²) in [6, 6.07) is 3.94. The molecule has 0 unspecified atom stereocenters. The first-order chi connectivity index (χ1) is 9.08. The molecule has 3 rings (SSSR count). The Morgan fingerprint density at radius 3 is 2.74 bits per heavy atom. The largest absolute Gasteiger partial charge is 0.456 e. The zero-order chi connectivity index (χ0) is 13.6. The van der Waals surface area contributed by atoms with Crippen LogP contribution in [0, 0.1) is 12.7 Å². The molecule has 1 aromatic heterocycles. The van der Waals surface area contributed by atoms with E-state index in [-0.39, 0.29) is 5.82 Å². The van der Waals surface area contributed by atoms with Crippen LogP contribution < -0.4 is 5.32 Å². The highest BCUT2D eigenvalue weighted by atomic mass is 19.1. The number of halogens is 1. The maximum Gasteiger partial charge on any atom is 0.170 e. The molecule has 2 nitrogen and oxygen atoms in total. The molecular weight excluding hydrogens is 241 g/mol. The van der Waals surface area contributed by atoms with Crippen LogP contribution >= 0.6 is 0 Å². The summed E-state index contributed by atoms with van der Waals surface area (Å²) in [4.78, 5) is 0. The van der Waals surface area contributed by atoms with Crippen LogP contribution in [0.1, 0.15) is 49.5 Å². The van der Waals surface area contributed by atoms with E-state index < -0.39 is 0 Å². The van der Waals surface area contributed by atoms with E-state index >= 15 is 0 Å². The molecule has 19 heavy (non-hydrogen) atoms. The maximum atomic E-state index is 13.9. The van der Waals surface area contributed by atoms with E-state index in [1.807, 2.05) is 13.0 Å². The number of rotatable bonds is 4. The fraction of sp³-hybridized carbons (Fsp3) is 0.500. The molecule has 0 saturated heterocycles. The lowest BCUT2D eigenvalue weighted by molar-refractivity contribution is 0.487. The van der Waals surface area contributed by atoms with Crippen molar-refractivity contribution in [1.29, 1.82) is 0 Å². The van der Waals surface area contributed by atoms with Gasteiger partial charge in [0, 0.05) is 17.0 Å². The van der Waals surface area contributed by atoms with Crippen molar-refractivity contribution in [1.82, 2.24) is 5.32 Å². The van der Waals surface area contributed by atoms with E-state index in [4.69, 9.17) is 4.42 Å². The Balaban J connectivity index is 2.11. The van der Waals surface area contributed by atoms with Crippen LogP contribution in [-0.2, 0) is 6.54 Å². The monoisotopic (exact) mass is 261 g/mol. The minimum atomic E-state index is -0.264. The predicted molar refractivity (Wildman–Crippen MR) is 74.9 cm³/mol. The van der Waals surface area contributed by atoms with Gasteiger partial charge in [-0.2, -0.15) is 0 Å². The van der Waals surface area contributed by atoms with Gasteiger partial charge in [0.25, 0.3) is 0 Å². The molecule has 0 atom stereocenters. The first kappa shape index (κ1) is 12.7. The van der Waals surface area contributed by atoms with Crippen molar-refractivity contribution in [2.45, 2.75) is 52.1 Å². The van der Waals surface area contributed by atoms with E-state index in [2.05, 4.69) is 19.2 Å². The maximum absolute atomic E-state index is 13.9. The van der Waals surface area contributed by atoms with Crippen molar-refractivity contribution in [3.63, 3.8) is 0 Å². The third kappa shape index (κ3) is 2.27. The van der Waals surface area contributed by atoms with Crippen LogP contribution in [0.4, 0.5) is 4.39 Å². The van der Waals surface area contributed by atoms with E-state index in [0.29, 0.717) is 24.1 Å². The van der Waals surface area contributed by atoms with E-state index in [0.717, 1.165) is 22.3 Å². The topological polar surface area (TPSA) is 25.2 Å². The third-order valence-corrected chi connectivity index (χ3v) is 3.82. The number of hydrogen-bond donors (Lipinski definition) is 1. The van der Waals surface area contributed by atoms with Crippen LogP contribution in [0.5, 0.6) is 0 Å². The lowest BCUT2D eigenvalue weighted by Gasteiger charge is -2.08. The summed E-state index contributed by atoms with van der Waals surface area (Å²) in [7, 11) is 0. The van der Waals surface area contributed by atoms with Gasteiger partial charge < -0.3 is 9.73 Å². The Hall–Kier alpha value is -1.35. The second-order valence-electron chi connectivity index (χ2n) is 5.82. The molecule has 1 N–H and O–H groups in total. The highest BCUT2D eigenvalue weighted by Crippen LogP contribution is 2.35. The van der Waals surface area contributed by atoms with Crippen LogP contribution in [0.3, 0.4) is 0 Å². The van der Waals surface area contributed by atoms with E-state index in [1.54, 1.807) is 0 Å². The summed E-state index contributed by atoms with van der Waals surface area (Å²) in [5.74, 6) is 0.961. The Morgan fingerprint density at radius 2 is 2.11 bits per heavy atom. The molecule has 102 valence electrons. The van der Waals surface area contributed by atoms with Gasteiger partial charge in [-0.3, -0.25) is 0 Å². The van der Waals surface area contributed by atoms with Crippen LogP contribution in [0.25, 0.3) is 11.0 Å². The summed E-state index contributed by atoms with van der Waals surface area (Å²) in [5.41, 5.74) is 2.65. The van der Waals surface area contributed by atoms with Gasteiger partial charge in [0.15, 0.2) is 11.4 Å². The molecule has 1 fully saturated rings. The molecule has 1 aromatic carbocycles. The summed E-state index contributed by atoms with van der Waals surface area (Å²) >= 11 is 0. The molecule has 3 heteroatoms. The Bertz CT molecular complexity index is 611. The number of aryl methyl sites for hydroxylation is 1. The van der Waals surface area contributed by atoms with Gasteiger partial charge in [0.2, 0.25) is 0 Å². The molecular formula is C16H20FNO. The second kappa shape index (κ2) is 4.64. The van der Waals surface area contributed by atoms with Crippen molar-refractivity contribution >= 4 is 11.0 Å². The van der Waals surface area contributed by atoms with Gasteiger partial charge in [-0.25, -0.2) is 4.39 Å². The van der Waals surface area contributed by atoms with Crippen LogP contribution in [0.2, 0.25) is 0 Å². The number of hydrogen-bond acceptors (Lipinski definition) is 2. The van der Waals surface area contributed by atoms with Crippen molar-refractivity contribution in [2.24, 2.45) is 0 Å². The standard InChI is InChI=1S/C16H20FNO/c1-9(2)14-13(8-18-11-5-6-11)19-16-12(17)7-4-10(3)15(14)16/h4,7,9,11,18H,5-6,8H2,1-3H3. The van der Waals surface area contributed by atoms with Gasteiger partial charge >= 0.3 is 0 Å². The van der Waals surface area contributed by atoms with Gasteiger partial charge in [-0.1, -0.05) is 19.9 Å². The van der Waals surface area contributed by atoms with Crippen molar-refractivity contribution in [2.75, 3.05) is 0 Å². The number of benzene rings is 1. The first-order valence-corrected chi connectivity index (χ1v) is 7.01. The highest BCUT2D eigenvalue weighted by molar-refractivity contribution is 5.86. The average Bonchev–Trinajstić information content (AvgIpc) is 3.10. The molecule has 1 saturated carbocycles. The predicted octanol–water partition coefficient (Wildman–Crippen LogP) is 4.26. The number of fused-ring (bicyclic) bond motifs is 1. The summed E-state index contributed by atoms with van der Waals surface area (Å²) in [6.45, 7) is 6.98. The molecule has 1 aliphatic carbocycles. The second-order valence-corrected chi connectivity index (χ2v) is 5.82. The molecule has 0 radical (unpaired) electrons. The molecule has 1 aliphatic rings. The third-order valence-electron chi connectivity index (χ3n) is 3.82. The quantitative estimate of drug-likeness (QED) is 0.889. The number of nitrogens with one attached hydrogen (secondary N) is 1.